The van der Waals surface area contributed by atoms with Crippen molar-refractivity contribution in [2.24, 2.45) is 0 Å². The highest BCUT2D eigenvalue weighted by molar-refractivity contribution is 6.30. The van der Waals surface area contributed by atoms with E-state index >= 15 is 0 Å². The normalized spacial score (nSPS) is 10.6. The molecule has 5 heteroatoms. The van der Waals surface area contributed by atoms with E-state index in [2.05, 4.69) is 11.2 Å². The Hall–Kier alpha value is -2.51. The summed E-state index contributed by atoms with van der Waals surface area (Å²) in [6, 6.07) is 13.7. The zero-order valence-corrected chi connectivity index (χ0v) is 12.5. The third-order valence-electron chi connectivity index (χ3n) is 3.40. The van der Waals surface area contributed by atoms with E-state index in [4.69, 9.17) is 11.6 Å². The molecule has 3 aromatic rings. The van der Waals surface area contributed by atoms with Crippen LogP contribution in [0.4, 0.5) is 0 Å². The summed E-state index contributed by atoms with van der Waals surface area (Å²) >= 11 is 6.06. The molecule has 0 atom stereocenters. The zero-order valence-electron chi connectivity index (χ0n) is 11.7. The van der Waals surface area contributed by atoms with Gasteiger partial charge in [0.1, 0.15) is 11.6 Å². The maximum absolute atomic E-state index is 9.37. The molecule has 0 bridgehead atoms. The number of hydrogen-bond donors (Lipinski definition) is 0. The van der Waals surface area contributed by atoms with Crippen molar-refractivity contribution in [2.45, 2.75) is 13.8 Å². The number of aromatic nitrogens is 3. The molecule has 21 heavy (non-hydrogen) atoms. The standard InChI is InChI=1S/C16H13ClN4/c1-11-6-7-12(2)20(11)16-13(9-18)10-19-21(16)15-5-3-4-14(17)8-15/h3-8,10H,1-2H3. The number of nitrogens with zero attached hydrogens (tertiary/aromatic N) is 4. The third-order valence-corrected chi connectivity index (χ3v) is 3.64. The van der Waals surface area contributed by atoms with Gasteiger partial charge in [0, 0.05) is 16.4 Å². The number of aryl methyl sites for hydroxylation is 2. The molecule has 0 aliphatic heterocycles. The van der Waals surface area contributed by atoms with Crippen molar-refractivity contribution in [3.05, 3.63) is 64.6 Å². The molecule has 2 aromatic heterocycles. The average Bonchev–Trinajstić information content (AvgIpc) is 3.02. The van der Waals surface area contributed by atoms with Gasteiger partial charge in [0.15, 0.2) is 5.82 Å². The van der Waals surface area contributed by atoms with E-state index in [1.54, 1.807) is 10.9 Å². The molecule has 0 aliphatic carbocycles. The summed E-state index contributed by atoms with van der Waals surface area (Å²) in [7, 11) is 0. The molecule has 0 saturated carbocycles. The molecule has 0 radical (unpaired) electrons. The largest absolute Gasteiger partial charge is 0.302 e. The third kappa shape index (κ3) is 2.22. The van der Waals surface area contributed by atoms with Crippen molar-refractivity contribution < 1.29 is 0 Å². The molecular weight excluding hydrogens is 284 g/mol. The minimum absolute atomic E-state index is 0.525. The molecule has 3 rings (SSSR count). The van der Waals surface area contributed by atoms with Gasteiger partial charge in [-0.2, -0.15) is 10.4 Å². The van der Waals surface area contributed by atoms with Gasteiger partial charge in [0.2, 0.25) is 0 Å². The Morgan fingerprint density at radius 1 is 1.14 bits per heavy atom. The molecule has 1 aromatic carbocycles. The Balaban J connectivity index is 2.30. The highest BCUT2D eigenvalue weighted by Gasteiger charge is 2.17. The molecule has 0 fully saturated rings. The highest BCUT2D eigenvalue weighted by Crippen LogP contribution is 2.24. The van der Waals surface area contributed by atoms with Crippen LogP contribution in [-0.4, -0.2) is 14.3 Å². The van der Waals surface area contributed by atoms with Crippen LogP contribution >= 0.6 is 11.6 Å². The maximum Gasteiger partial charge on any atom is 0.158 e. The van der Waals surface area contributed by atoms with Crippen LogP contribution in [0.2, 0.25) is 5.02 Å². The van der Waals surface area contributed by atoms with Crippen LogP contribution in [0.1, 0.15) is 17.0 Å². The van der Waals surface area contributed by atoms with Crippen molar-refractivity contribution in [2.75, 3.05) is 0 Å². The molecule has 0 N–H and O–H groups in total. The van der Waals surface area contributed by atoms with Gasteiger partial charge in [-0.15, -0.1) is 0 Å². The predicted molar refractivity (Wildman–Crippen MR) is 82.1 cm³/mol. The summed E-state index contributed by atoms with van der Waals surface area (Å²) in [6.45, 7) is 4.01. The van der Waals surface area contributed by atoms with Crippen molar-refractivity contribution in [1.82, 2.24) is 14.3 Å². The van der Waals surface area contributed by atoms with Crippen LogP contribution in [0.3, 0.4) is 0 Å². The van der Waals surface area contributed by atoms with Gasteiger partial charge in [-0.3, -0.25) is 0 Å². The minimum Gasteiger partial charge on any atom is -0.302 e. The fourth-order valence-electron chi connectivity index (χ4n) is 2.44. The first-order chi connectivity index (χ1) is 10.1. The summed E-state index contributed by atoms with van der Waals surface area (Å²) in [5, 5.41) is 14.4. The maximum atomic E-state index is 9.37. The van der Waals surface area contributed by atoms with Gasteiger partial charge in [-0.1, -0.05) is 17.7 Å². The molecule has 104 valence electrons. The summed E-state index contributed by atoms with van der Waals surface area (Å²) in [5.41, 5.74) is 3.45. The number of benzene rings is 1. The van der Waals surface area contributed by atoms with Gasteiger partial charge in [0.05, 0.1) is 11.9 Å². The fraction of sp³-hybridized carbons (Fsp3) is 0.125. The van der Waals surface area contributed by atoms with Crippen LogP contribution in [0.15, 0.2) is 42.6 Å². The van der Waals surface area contributed by atoms with Crippen LogP contribution in [-0.2, 0) is 0 Å². The second-order valence-corrected chi connectivity index (χ2v) is 5.27. The van der Waals surface area contributed by atoms with Crippen LogP contribution < -0.4 is 0 Å². The minimum atomic E-state index is 0.525. The predicted octanol–water partition coefficient (Wildman–Crippen LogP) is 3.80. The van der Waals surface area contributed by atoms with Crippen LogP contribution in [0.5, 0.6) is 0 Å². The SMILES string of the molecule is Cc1ccc(C)n1-c1c(C#N)cnn1-c1cccc(Cl)c1. The molecule has 0 spiro atoms. The zero-order chi connectivity index (χ0) is 15.0. The van der Waals surface area contributed by atoms with Crippen molar-refractivity contribution in [1.29, 1.82) is 5.26 Å². The topological polar surface area (TPSA) is 46.5 Å². The van der Waals surface area contributed by atoms with Crippen molar-refractivity contribution in [3.8, 4) is 17.6 Å². The lowest BCUT2D eigenvalue weighted by atomic mass is 10.3. The van der Waals surface area contributed by atoms with E-state index in [0.29, 0.717) is 10.6 Å². The molecule has 0 saturated heterocycles. The summed E-state index contributed by atoms with van der Waals surface area (Å²) < 4.78 is 3.76. The molecule has 2 heterocycles. The van der Waals surface area contributed by atoms with E-state index in [0.717, 1.165) is 22.9 Å². The smallest absolute Gasteiger partial charge is 0.158 e. The molecule has 0 unspecified atom stereocenters. The number of halogens is 1. The lowest BCUT2D eigenvalue weighted by Crippen LogP contribution is -2.09. The number of nitriles is 1. The van der Waals surface area contributed by atoms with E-state index < -0.39 is 0 Å². The van der Waals surface area contributed by atoms with Gasteiger partial charge < -0.3 is 4.57 Å². The summed E-state index contributed by atoms with van der Waals surface area (Å²) in [6.07, 6.45) is 1.58. The van der Waals surface area contributed by atoms with Crippen molar-refractivity contribution in [3.63, 3.8) is 0 Å². The average molecular weight is 297 g/mol. The highest BCUT2D eigenvalue weighted by atomic mass is 35.5. The van der Waals surface area contributed by atoms with E-state index in [9.17, 15) is 5.26 Å². The first kappa shape index (κ1) is 13.5. The molecule has 0 amide bonds. The first-order valence-corrected chi connectivity index (χ1v) is 6.89. The summed E-state index contributed by atoms with van der Waals surface area (Å²) in [5.74, 6) is 0.736. The van der Waals surface area contributed by atoms with Gasteiger partial charge >= 0.3 is 0 Å². The quantitative estimate of drug-likeness (QED) is 0.722. The molecular formula is C16H13ClN4. The number of rotatable bonds is 2. The Morgan fingerprint density at radius 3 is 2.48 bits per heavy atom. The summed E-state index contributed by atoms with van der Waals surface area (Å²) in [4.78, 5) is 0. The fourth-order valence-corrected chi connectivity index (χ4v) is 2.62. The Labute approximate surface area is 127 Å². The van der Waals surface area contributed by atoms with E-state index in [-0.39, 0.29) is 0 Å². The Kier molecular flexibility index (Phi) is 3.28. The number of hydrogen-bond acceptors (Lipinski definition) is 2. The lowest BCUT2D eigenvalue weighted by molar-refractivity contribution is 0.800. The second kappa shape index (κ2) is 5.12. The molecule has 4 nitrogen and oxygen atoms in total. The van der Waals surface area contributed by atoms with Gasteiger partial charge in [-0.25, -0.2) is 4.68 Å². The van der Waals surface area contributed by atoms with Crippen LogP contribution in [0.25, 0.3) is 11.5 Å². The monoisotopic (exact) mass is 296 g/mol. The van der Waals surface area contributed by atoms with Gasteiger partial charge in [-0.05, 0) is 44.2 Å². The van der Waals surface area contributed by atoms with E-state index in [1.165, 1.54) is 0 Å². The first-order valence-electron chi connectivity index (χ1n) is 6.51. The molecule has 0 aliphatic rings. The second-order valence-electron chi connectivity index (χ2n) is 4.84. The van der Waals surface area contributed by atoms with Gasteiger partial charge in [0.25, 0.3) is 0 Å². The van der Waals surface area contributed by atoms with E-state index in [1.807, 2.05) is 54.8 Å². The Bertz CT molecular complexity index is 832. The van der Waals surface area contributed by atoms with Crippen molar-refractivity contribution >= 4 is 11.6 Å². The van der Waals surface area contributed by atoms with Crippen LogP contribution in [0, 0.1) is 25.2 Å². The lowest BCUT2D eigenvalue weighted by Gasteiger charge is -2.13. The Morgan fingerprint density at radius 2 is 1.86 bits per heavy atom.